The highest BCUT2D eigenvalue weighted by atomic mass is 32.2. The fraction of sp³-hybridized carbons (Fsp3) is 0.154. The van der Waals surface area contributed by atoms with Crippen LogP contribution < -0.4 is 5.11 Å². The number of thioether (sulfide) groups is 1. The monoisotopic (exact) mass is 259 g/mol. The van der Waals surface area contributed by atoms with Crippen molar-refractivity contribution in [3.63, 3.8) is 0 Å². The fourth-order valence-electron chi connectivity index (χ4n) is 1.43. The van der Waals surface area contributed by atoms with Crippen LogP contribution in [0.15, 0.2) is 41.7 Å². The molecule has 92 valence electrons. The van der Waals surface area contributed by atoms with Gasteiger partial charge in [-0.1, -0.05) is 30.0 Å². The van der Waals surface area contributed by atoms with Gasteiger partial charge in [0.2, 0.25) is 0 Å². The van der Waals surface area contributed by atoms with E-state index in [4.69, 9.17) is 0 Å². The van der Waals surface area contributed by atoms with Crippen LogP contribution in [0.4, 0.5) is 0 Å². The molecule has 1 heterocycles. The van der Waals surface area contributed by atoms with Crippen LogP contribution in [0.25, 0.3) is 0 Å². The van der Waals surface area contributed by atoms with Gasteiger partial charge in [0.05, 0.1) is 5.97 Å². The minimum absolute atomic E-state index is 0.193. The van der Waals surface area contributed by atoms with Crippen molar-refractivity contribution >= 4 is 17.7 Å². The van der Waals surface area contributed by atoms with E-state index in [0.717, 1.165) is 11.3 Å². The van der Waals surface area contributed by atoms with Crippen LogP contribution >= 0.6 is 11.8 Å². The summed E-state index contributed by atoms with van der Waals surface area (Å²) in [6, 6.07) is 8.54. The molecule has 0 saturated carbocycles. The van der Waals surface area contributed by atoms with Crippen LogP contribution in [0, 0.1) is 6.92 Å². The first-order chi connectivity index (χ1) is 8.65. The first kappa shape index (κ1) is 12.6. The van der Waals surface area contributed by atoms with Crippen molar-refractivity contribution < 1.29 is 9.90 Å². The fourth-order valence-corrected chi connectivity index (χ4v) is 2.25. The second kappa shape index (κ2) is 5.64. The van der Waals surface area contributed by atoms with E-state index in [1.807, 2.05) is 19.1 Å². The highest BCUT2D eigenvalue weighted by molar-refractivity contribution is 7.98. The second-order valence-corrected chi connectivity index (χ2v) is 4.70. The average Bonchev–Trinajstić information content (AvgIpc) is 2.37. The van der Waals surface area contributed by atoms with Gasteiger partial charge in [-0.2, -0.15) is 0 Å². The minimum atomic E-state index is -1.16. The van der Waals surface area contributed by atoms with E-state index in [2.05, 4.69) is 9.97 Å². The molecule has 1 aromatic heterocycles. The molecule has 0 radical (unpaired) electrons. The molecule has 0 aliphatic rings. The van der Waals surface area contributed by atoms with Crippen LogP contribution in [-0.4, -0.2) is 15.9 Å². The highest BCUT2D eigenvalue weighted by Crippen LogP contribution is 2.19. The Morgan fingerprint density at radius 1 is 1.39 bits per heavy atom. The molecule has 0 fully saturated rings. The number of carbonyl (C=O) groups is 1. The molecule has 0 saturated heterocycles. The van der Waals surface area contributed by atoms with Crippen molar-refractivity contribution in [3.8, 4) is 0 Å². The number of aryl methyl sites for hydroxylation is 1. The predicted octanol–water partition coefficient (Wildman–Crippen LogP) is 1.44. The summed E-state index contributed by atoms with van der Waals surface area (Å²) in [5.41, 5.74) is 2.01. The normalized spacial score (nSPS) is 10.3. The van der Waals surface area contributed by atoms with Crippen LogP contribution in [0.1, 0.15) is 21.6 Å². The van der Waals surface area contributed by atoms with E-state index >= 15 is 0 Å². The number of carboxylic acids is 1. The molecular formula is C13H11N2O2S-. The van der Waals surface area contributed by atoms with Gasteiger partial charge in [-0.3, -0.25) is 0 Å². The maximum atomic E-state index is 10.7. The van der Waals surface area contributed by atoms with Gasteiger partial charge < -0.3 is 9.90 Å². The van der Waals surface area contributed by atoms with Gasteiger partial charge in [0.25, 0.3) is 0 Å². The van der Waals surface area contributed by atoms with Crippen molar-refractivity contribution in [1.82, 2.24) is 9.97 Å². The predicted molar refractivity (Wildman–Crippen MR) is 67.1 cm³/mol. The van der Waals surface area contributed by atoms with Crippen molar-refractivity contribution in [2.75, 3.05) is 0 Å². The molecular weight excluding hydrogens is 248 g/mol. The molecule has 5 heteroatoms. The lowest BCUT2D eigenvalue weighted by atomic mass is 10.1. The molecule has 18 heavy (non-hydrogen) atoms. The molecule has 2 rings (SSSR count). The maximum Gasteiger partial charge on any atom is 0.188 e. The van der Waals surface area contributed by atoms with Gasteiger partial charge in [0.15, 0.2) is 5.16 Å². The summed E-state index contributed by atoms with van der Waals surface area (Å²) in [6.45, 7) is 1.91. The quantitative estimate of drug-likeness (QED) is 0.614. The number of carboxylic acid groups (broad SMARTS) is 1. The molecule has 0 amide bonds. The third-order valence-corrected chi connectivity index (χ3v) is 3.24. The molecule has 0 atom stereocenters. The molecule has 0 bridgehead atoms. The first-order valence-corrected chi connectivity index (χ1v) is 6.36. The molecule has 0 unspecified atom stereocenters. The molecule has 2 aromatic rings. The number of aromatic nitrogens is 2. The van der Waals surface area contributed by atoms with E-state index in [9.17, 15) is 9.90 Å². The van der Waals surface area contributed by atoms with Crippen molar-refractivity contribution in [2.45, 2.75) is 17.8 Å². The molecule has 0 aliphatic carbocycles. The topological polar surface area (TPSA) is 65.9 Å². The number of nitrogens with zero attached hydrogens (tertiary/aromatic N) is 2. The van der Waals surface area contributed by atoms with E-state index in [-0.39, 0.29) is 5.56 Å². The largest absolute Gasteiger partial charge is 0.545 e. The third kappa shape index (κ3) is 3.30. The SMILES string of the molecule is Cc1ccnc(SCc2cccc(C(=O)[O-])c2)n1. The Hall–Kier alpha value is -1.88. The number of aromatic carboxylic acids is 1. The van der Waals surface area contributed by atoms with Gasteiger partial charge in [0.1, 0.15) is 0 Å². The van der Waals surface area contributed by atoms with Gasteiger partial charge >= 0.3 is 0 Å². The first-order valence-electron chi connectivity index (χ1n) is 5.38. The lowest BCUT2D eigenvalue weighted by Crippen LogP contribution is -2.22. The summed E-state index contributed by atoms with van der Waals surface area (Å²) in [4.78, 5) is 19.1. The maximum absolute atomic E-state index is 10.7. The van der Waals surface area contributed by atoms with Gasteiger partial charge in [-0.05, 0) is 30.2 Å². The van der Waals surface area contributed by atoms with Gasteiger partial charge in [-0.25, -0.2) is 9.97 Å². The lowest BCUT2D eigenvalue weighted by Gasteiger charge is -2.05. The van der Waals surface area contributed by atoms with Crippen LogP contribution in [0.5, 0.6) is 0 Å². The van der Waals surface area contributed by atoms with Crippen molar-refractivity contribution in [1.29, 1.82) is 0 Å². The number of carbonyl (C=O) groups excluding carboxylic acids is 1. The third-order valence-electron chi connectivity index (χ3n) is 2.30. The van der Waals surface area contributed by atoms with E-state index in [1.165, 1.54) is 17.8 Å². The summed E-state index contributed by atoms with van der Waals surface area (Å²) in [5, 5.41) is 11.4. The Kier molecular flexibility index (Phi) is 3.94. The number of benzene rings is 1. The molecule has 0 aliphatic heterocycles. The summed E-state index contributed by atoms with van der Waals surface area (Å²) >= 11 is 1.47. The Balaban J connectivity index is 2.06. The highest BCUT2D eigenvalue weighted by Gasteiger charge is 2.01. The molecule has 0 spiro atoms. The van der Waals surface area contributed by atoms with Crippen LogP contribution in [0.3, 0.4) is 0 Å². The standard InChI is InChI=1S/C13H12N2O2S/c1-9-5-6-14-13(15-9)18-8-10-3-2-4-11(7-10)12(16)17/h2-7H,8H2,1H3,(H,16,17)/p-1. The zero-order valence-electron chi connectivity index (χ0n) is 9.79. The van der Waals surface area contributed by atoms with Crippen LogP contribution in [0.2, 0.25) is 0 Å². The van der Waals surface area contributed by atoms with Crippen molar-refractivity contribution in [3.05, 3.63) is 53.3 Å². The van der Waals surface area contributed by atoms with Gasteiger partial charge in [-0.15, -0.1) is 0 Å². The van der Waals surface area contributed by atoms with Crippen molar-refractivity contribution in [2.24, 2.45) is 0 Å². The lowest BCUT2D eigenvalue weighted by molar-refractivity contribution is -0.255. The zero-order chi connectivity index (χ0) is 13.0. The Bertz CT molecular complexity index is 572. The number of hydrogen-bond acceptors (Lipinski definition) is 5. The number of rotatable bonds is 4. The molecule has 1 aromatic carbocycles. The van der Waals surface area contributed by atoms with E-state index in [0.29, 0.717) is 10.9 Å². The smallest absolute Gasteiger partial charge is 0.188 e. The summed E-state index contributed by atoms with van der Waals surface area (Å²) in [7, 11) is 0. The average molecular weight is 259 g/mol. The Morgan fingerprint density at radius 2 is 2.22 bits per heavy atom. The molecule has 4 nitrogen and oxygen atoms in total. The Morgan fingerprint density at radius 3 is 2.94 bits per heavy atom. The zero-order valence-corrected chi connectivity index (χ0v) is 10.6. The van der Waals surface area contributed by atoms with E-state index in [1.54, 1.807) is 18.3 Å². The Labute approximate surface area is 109 Å². The molecule has 0 N–H and O–H groups in total. The summed E-state index contributed by atoms with van der Waals surface area (Å²) in [6.07, 6.45) is 1.71. The van der Waals surface area contributed by atoms with Gasteiger partial charge in [0, 0.05) is 17.6 Å². The van der Waals surface area contributed by atoms with Crippen LogP contribution in [-0.2, 0) is 5.75 Å². The summed E-state index contributed by atoms with van der Waals surface area (Å²) in [5.74, 6) is -0.529. The number of hydrogen-bond donors (Lipinski definition) is 0. The van der Waals surface area contributed by atoms with E-state index < -0.39 is 5.97 Å². The minimum Gasteiger partial charge on any atom is -0.545 e. The summed E-state index contributed by atoms with van der Waals surface area (Å²) < 4.78 is 0. The second-order valence-electron chi connectivity index (χ2n) is 3.76.